The molecule has 0 saturated carbocycles. The van der Waals surface area contributed by atoms with Crippen LogP contribution in [-0.2, 0) is 4.79 Å². The molecule has 100 valence electrons. The van der Waals surface area contributed by atoms with Crippen LogP contribution in [0.15, 0.2) is 12.5 Å². The number of H-pyrrole nitrogens is 1. The van der Waals surface area contributed by atoms with E-state index in [0.29, 0.717) is 12.3 Å². The Labute approximate surface area is 110 Å². The van der Waals surface area contributed by atoms with E-state index < -0.39 is 0 Å². The van der Waals surface area contributed by atoms with E-state index >= 15 is 0 Å². The highest BCUT2D eigenvalue weighted by Crippen LogP contribution is 2.27. The van der Waals surface area contributed by atoms with E-state index in [9.17, 15) is 4.79 Å². The van der Waals surface area contributed by atoms with Gasteiger partial charge >= 0.3 is 0 Å². The van der Waals surface area contributed by atoms with E-state index in [1.165, 1.54) is 0 Å². The van der Waals surface area contributed by atoms with Gasteiger partial charge in [0.25, 0.3) is 0 Å². The summed E-state index contributed by atoms with van der Waals surface area (Å²) < 4.78 is 0. The number of hydrogen-bond acceptors (Lipinski definition) is 5. The summed E-state index contributed by atoms with van der Waals surface area (Å²) >= 11 is 0. The molecule has 3 rings (SSSR count). The Kier molecular flexibility index (Phi) is 3.02. The Morgan fingerprint density at radius 2 is 2.21 bits per heavy atom. The van der Waals surface area contributed by atoms with Gasteiger partial charge in [0.2, 0.25) is 5.91 Å². The molecule has 1 saturated heterocycles. The van der Waals surface area contributed by atoms with Crippen molar-refractivity contribution in [1.29, 1.82) is 0 Å². The maximum absolute atomic E-state index is 10.9. The van der Waals surface area contributed by atoms with E-state index in [0.717, 1.165) is 42.8 Å². The number of aromatic amines is 1. The van der Waals surface area contributed by atoms with Crippen LogP contribution in [0.3, 0.4) is 0 Å². The number of nitrogens with one attached hydrogen (secondary N) is 1. The molecule has 1 fully saturated rings. The largest absolute Gasteiger partial charge is 0.370 e. The third-order valence-corrected chi connectivity index (χ3v) is 3.63. The summed E-state index contributed by atoms with van der Waals surface area (Å²) in [7, 11) is 0. The third-order valence-electron chi connectivity index (χ3n) is 3.63. The number of nitrogens with two attached hydrogens (primary N) is 1. The predicted octanol–water partition coefficient (Wildman–Crippen LogP) is 0.445. The maximum Gasteiger partial charge on any atom is 0.217 e. The summed E-state index contributed by atoms with van der Waals surface area (Å²) in [6, 6.07) is 0. The summed E-state index contributed by atoms with van der Waals surface area (Å²) in [5, 5.41) is 7.78. The second-order valence-electron chi connectivity index (χ2n) is 4.93. The molecule has 3 heterocycles. The number of aromatic nitrogens is 4. The van der Waals surface area contributed by atoms with Gasteiger partial charge in [-0.1, -0.05) is 0 Å². The van der Waals surface area contributed by atoms with Crippen LogP contribution in [0, 0.1) is 5.92 Å². The first-order chi connectivity index (χ1) is 9.24. The van der Waals surface area contributed by atoms with Crippen molar-refractivity contribution < 1.29 is 4.79 Å². The minimum Gasteiger partial charge on any atom is -0.370 e. The van der Waals surface area contributed by atoms with Crippen molar-refractivity contribution in [1.82, 2.24) is 20.2 Å². The van der Waals surface area contributed by atoms with Crippen LogP contribution in [0.1, 0.15) is 19.3 Å². The molecule has 1 amide bonds. The van der Waals surface area contributed by atoms with Crippen LogP contribution in [-0.4, -0.2) is 39.2 Å². The smallest absolute Gasteiger partial charge is 0.217 e. The number of amides is 1. The molecule has 1 aliphatic rings. The number of carbonyl (C=O) groups excluding carboxylic acids is 1. The summed E-state index contributed by atoms with van der Waals surface area (Å²) in [4.78, 5) is 21.6. The first-order valence-corrected chi connectivity index (χ1v) is 6.41. The molecular weight excluding hydrogens is 244 g/mol. The second-order valence-corrected chi connectivity index (χ2v) is 4.93. The van der Waals surface area contributed by atoms with Crippen molar-refractivity contribution in [2.75, 3.05) is 18.0 Å². The maximum atomic E-state index is 10.9. The van der Waals surface area contributed by atoms with Gasteiger partial charge in [0.15, 0.2) is 5.65 Å². The van der Waals surface area contributed by atoms with Crippen LogP contribution in [0.5, 0.6) is 0 Å². The van der Waals surface area contributed by atoms with Gasteiger partial charge < -0.3 is 10.6 Å². The lowest BCUT2D eigenvalue weighted by Gasteiger charge is -2.32. The van der Waals surface area contributed by atoms with Crippen molar-refractivity contribution in [3.05, 3.63) is 12.5 Å². The standard InChI is InChI=1S/C12H16N6O/c13-10(19)5-8-1-3-18(4-2-8)12-9-6-16-17-11(9)14-7-15-12/h6-8H,1-5H2,(H2,13,19)(H,14,15,16,17). The summed E-state index contributed by atoms with van der Waals surface area (Å²) in [6.07, 6.45) is 5.71. The highest BCUT2D eigenvalue weighted by atomic mass is 16.1. The van der Waals surface area contributed by atoms with Crippen molar-refractivity contribution in [3.63, 3.8) is 0 Å². The molecule has 1 aliphatic heterocycles. The minimum absolute atomic E-state index is 0.210. The fourth-order valence-corrected chi connectivity index (χ4v) is 2.64. The van der Waals surface area contributed by atoms with Gasteiger partial charge in [-0.2, -0.15) is 5.10 Å². The van der Waals surface area contributed by atoms with Gasteiger partial charge in [-0.25, -0.2) is 9.97 Å². The van der Waals surface area contributed by atoms with Crippen molar-refractivity contribution >= 4 is 22.8 Å². The number of hydrogen-bond donors (Lipinski definition) is 2. The van der Waals surface area contributed by atoms with Crippen molar-refractivity contribution in [2.24, 2.45) is 11.7 Å². The van der Waals surface area contributed by atoms with Crippen LogP contribution >= 0.6 is 0 Å². The normalized spacial score (nSPS) is 16.9. The second kappa shape index (κ2) is 4.83. The minimum atomic E-state index is -0.210. The van der Waals surface area contributed by atoms with Crippen LogP contribution in [0.4, 0.5) is 5.82 Å². The van der Waals surface area contributed by atoms with Crippen molar-refractivity contribution in [3.8, 4) is 0 Å². The third kappa shape index (κ3) is 2.35. The molecule has 7 nitrogen and oxygen atoms in total. The fraction of sp³-hybridized carbons (Fsp3) is 0.500. The average molecular weight is 260 g/mol. The number of primary amides is 1. The number of piperidine rings is 1. The lowest BCUT2D eigenvalue weighted by Crippen LogP contribution is -2.35. The van der Waals surface area contributed by atoms with Gasteiger partial charge in [0.1, 0.15) is 12.1 Å². The molecule has 19 heavy (non-hydrogen) atoms. The number of fused-ring (bicyclic) bond motifs is 1. The number of carbonyl (C=O) groups is 1. The lowest BCUT2D eigenvalue weighted by molar-refractivity contribution is -0.119. The molecule has 0 bridgehead atoms. The molecule has 0 aliphatic carbocycles. The monoisotopic (exact) mass is 260 g/mol. The van der Waals surface area contributed by atoms with Crippen LogP contribution < -0.4 is 10.6 Å². The molecule has 2 aromatic heterocycles. The zero-order valence-corrected chi connectivity index (χ0v) is 10.5. The fourth-order valence-electron chi connectivity index (χ4n) is 2.64. The van der Waals surface area contributed by atoms with Gasteiger partial charge in [0.05, 0.1) is 11.6 Å². The zero-order chi connectivity index (χ0) is 13.2. The first kappa shape index (κ1) is 11.9. The highest BCUT2D eigenvalue weighted by Gasteiger charge is 2.23. The van der Waals surface area contributed by atoms with Gasteiger partial charge in [0, 0.05) is 19.5 Å². The SMILES string of the molecule is NC(=O)CC1CCN(c2ncnc3[nH]ncc23)CC1. The zero-order valence-electron chi connectivity index (χ0n) is 10.5. The Hall–Kier alpha value is -2.18. The topological polar surface area (TPSA) is 101 Å². The molecule has 3 N–H and O–H groups in total. The van der Waals surface area contributed by atoms with Crippen molar-refractivity contribution in [2.45, 2.75) is 19.3 Å². The molecule has 0 aromatic carbocycles. The Balaban J connectivity index is 1.75. The highest BCUT2D eigenvalue weighted by molar-refractivity contribution is 5.86. The molecule has 2 aromatic rings. The van der Waals surface area contributed by atoms with Gasteiger partial charge in [-0.05, 0) is 18.8 Å². The van der Waals surface area contributed by atoms with E-state index in [2.05, 4.69) is 25.1 Å². The molecule has 0 radical (unpaired) electrons. The molecule has 7 heteroatoms. The van der Waals surface area contributed by atoms with Gasteiger partial charge in [-0.15, -0.1) is 0 Å². The van der Waals surface area contributed by atoms with E-state index in [4.69, 9.17) is 5.73 Å². The number of rotatable bonds is 3. The molecule has 0 spiro atoms. The Bertz CT molecular complexity index is 587. The van der Waals surface area contributed by atoms with E-state index in [1.807, 2.05) is 0 Å². The predicted molar refractivity (Wildman–Crippen MR) is 70.4 cm³/mol. The number of nitrogens with zero attached hydrogens (tertiary/aromatic N) is 4. The van der Waals surface area contributed by atoms with Crippen LogP contribution in [0.2, 0.25) is 0 Å². The molecule has 0 unspecified atom stereocenters. The van der Waals surface area contributed by atoms with Crippen LogP contribution in [0.25, 0.3) is 11.0 Å². The van der Waals surface area contributed by atoms with Gasteiger partial charge in [-0.3, -0.25) is 9.89 Å². The summed E-state index contributed by atoms with van der Waals surface area (Å²) in [6.45, 7) is 1.77. The summed E-state index contributed by atoms with van der Waals surface area (Å²) in [5.74, 6) is 1.10. The lowest BCUT2D eigenvalue weighted by atomic mass is 9.93. The van der Waals surface area contributed by atoms with E-state index in [1.54, 1.807) is 12.5 Å². The molecule has 0 atom stereocenters. The average Bonchev–Trinajstić information content (AvgIpc) is 2.87. The summed E-state index contributed by atoms with van der Waals surface area (Å²) in [5.41, 5.74) is 6.00. The number of anilines is 1. The Morgan fingerprint density at radius 1 is 1.42 bits per heavy atom. The quantitative estimate of drug-likeness (QED) is 0.834. The Morgan fingerprint density at radius 3 is 2.95 bits per heavy atom. The molecular formula is C12H16N6O. The first-order valence-electron chi connectivity index (χ1n) is 6.41. The van der Waals surface area contributed by atoms with E-state index in [-0.39, 0.29) is 5.91 Å².